The Morgan fingerprint density at radius 2 is 2.19 bits per heavy atom. The zero-order valence-corrected chi connectivity index (χ0v) is 10.7. The number of carbonyl (C=O) groups is 1. The van der Waals surface area contributed by atoms with Crippen molar-refractivity contribution in [2.75, 3.05) is 0 Å². The lowest BCUT2D eigenvalue weighted by atomic mass is 9.80. The van der Waals surface area contributed by atoms with E-state index in [-0.39, 0.29) is 18.0 Å². The highest BCUT2D eigenvalue weighted by atomic mass is 16.6. The Hall–Kier alpha value is -0.570. The zero-order valence-electron chi connectivity index (χ0n) is 10.7. The van der Waals surface area contributed by atoms with Crippen LogP contribution >= 0.6 is 0 Å². The molecule has 0 radical (unpaired) electrons. The summed E-state index contributed by atoms with van der Waals surface area (Å²) >= 11 is 0. The van der Waals surface area contributed by atoms with E-state index >= 15 is 0 Å². The van der Waals surface area contributed by atoms with Crippen molar-refractivity contribution in [3.8, 4) is 0 Å². The first-order valence-electron chi connectivity index (χ1n) is 6.46. The van der Waals surface area contributed by atoms with E-state index < -0.39 is 5.60 Å². The van der Waals surface area contributed by atoms with Crippen LogP contribution in [0.1, 0.15) is 59.3 Å². The van der Waals surface area contributed by atoms with Gasteiger partial charge in [-0.1, -0.05) is 27.2 Å². The fraction of sp³-hybridized carbons (Fsp3) is 0.923. The molecule has 16 heavy (non-hydrogen) atoms. The van der Waals surface area contributed by atoms with Gasteiger partial charge in [-0.15, -0.1) is 0 Å². The third-order valence-electron chi connectivity index (χ3n) is 3.81. The third kappa shape index (κ3) is 2.97. The van der Waals surface area contributed by atoms with Crippen molar-refractivity contribution >= 4 is 5.97 Å². The summed E-state index contributed by atoms with van der Waals surface area (Å²) in [5.74, 6) is -0.232. The van der Waals surface area contributed by atoms with E-state index in [0.29, 0.717) is 6.42 Å². The second-order valence-corrected chi connectivity index (χ2v) is 4.94. The van der Waals surface area contributed by atoms with E-state index in [1.54, 1.807) is 0 Å². The molecule has 1 aliphatic carbocycles. The molecule has 0 spiro atoms. The van der Waals surface area contributed by atoms with Crippen LogP contribution in [0, 0.1) is 5.92 Å². The molecule has 94 valence electrons. The monoisotopic (exact) mass is 228 g/mol. The Balaban J connectivity index is 2.60. The highest BCUT2D eigenvalue weighted by Crippen LogP contribution is 2.33. The second-order valence-electron chi connectivity index (χ2n) is 4.94. The first-order chi connectivity index (χ1) is 7.53. The lowest BCUT2D eigenvalue weighted by molar-refractivity contribution is -0.176. The van der Waals surface area contributed by atoms with Crippen LogP contribution < -0.4 is 0 Å². The third-order valence-corrected chi connectivity index (χ3v) is 3.81. The molecule has 1 saturated carbocycles. The van der Waals surface area contributed by atoms with E-state index in [1.165, 1.54) is 0 Å². The molecule has 0 aromatic carbocycles. The van der Waals surface area contributed by atoms with Gasteiger partial charge >= 0.3 is 5.97 Å². The highest BCUT2D eigenvalue weighted by Gasteiger charge is 2.40. The summed E-state index contributed by atoms with van der Waals surface area (Å²) in [5.41, 5.74) is -0.790. The van der Waals surface area contributed by atoms with Gasteiger partial charge in [-0.25, -0.2) is 0 Å². The molecule has 0 aromatic heterocycles. The van der Waals surface area contributed by atoms with Crippen molar-refractivity contribution in [1.29, 1.82) is 0 Å². The van der Waals surface area contributed by atoms with Gasteiger partial charge in [0, 0.05) is 0 Å². The highest BCUT2D eigenvalue weighted by molar-refractivity contribution is 5.72. The van der Waals surface area contributed by atoms with Crippen molar-refractivity contribution in [2.24, 2.45) is 5.92 Å². The molecular formula is C13H24O3. The van der Waals surface area contributed by atoms with Gasteiger partial charge in [-0.05, 0) is 32.1 Å². The Bertz CT molecular complexity index is 239. The molecule has 1 rings (SSSR count). The molecule has 3 unspecified atom stereocenters. The fourth-order valence-corrected chi connectivity index (χ4v) is 2.19. The summed E-state index contributed by atoms with van der Waals surface area (Å²) in [5, 5.41) is 10.4. The minimum atomic E-state index is -0.790. The van der Waals surface area contributed by atoms with Crippen molar-refractivity contribution in [2.45, 2.75) is 71.0 Å². The first kappa shape index (κ1) is 13.5. The van der Waals surface area contributed by atoms with Crippen LogP contribution in [-0.4, -0.2) is 22.8 Å². The van der Waals surface area contributed by atoms with E-state index in [4.69, 9.17) is 4.74 Å². The Morgan fingerprint density at radius 1 is 1.50 bits per heavy atom. The van der Waals surface area contributed by atoms with Crippen LogP contribution in [0.5, 0.6) is 0 Å². The SMILES string of the molecule is CCC(C)C(=O)OC1CCCCC1(O)CC. The minimum Gasteiger partial charge on any atom is -0.459 e. The van der Waals surface area contributed by atoms with Gasteiger partial charge in [0.2, 0.25) is 0 Å². The normalized spacial score (nSPS) is 32.1. The van der Waals surface area contributed by atoms with Crippen molar-refractivity contribution in [1.82, 2.24) is 0 Å². The summed E-state index contributed by atoms with van der Waals surface area (Å²) in [6.07, 6.45) is 4.77. The average molecular weight is 228 g/mol. The molecule has 0 aliphatic heterocycles. The number of carbonyl (C=O) groups excluding carboxylic acids is 1. The van der Waals surface area contributed by atoms with Gasteiger partial charge in [0.05, 0.1) is 5.92 Å². The van der Waals surface area contributed by atoms with E-state index in [0.717, 1.165) is 32.1 Å². The van der Waals surface area contributed by atoms with Gasteiger partial charge < -0.3 is 9.84 Å². The van der Waals surface area contributed by atoms with E-state index in [2.05, 4.69) is 0 Å². The number of rotatable bonds is 4. The molecule has 3 heteroatoms. The standard InChI is InChI=1S/C13H24O3/c1-4-10(3)12(14)16-11-8-6-7-9-13(11,15)5-2/h10-11,15H,4-9H2,1-3H3. The molecule has 3 nitrogen and oxygen atoms in total. The molecular weight excluding hydrogens is 204 g/mol. The van der Waals surface area contributed by atoms with Crippen LogP contribution in [0.4, 0.5) is 0 Å². The van der Waals surface area contributed by atoms with Crippen molar-refractivity contribution in [3.05, 3.63) is 0 Å². The number of aliphatic hydroxyl groups is 1. The maximum atomic E-state index is 11.7. The minimum absolute atomic E-state index is 0.0666. The number of ether oxygens (including phenoxy) is 1. The lowest BCUT2D eigenvalue weighted by Crippen LogP contribution is -2.47. The van der Waals surface area contributed by atoms with Crippen molar-refractivity contribution in [3.63, 3.8) is 0 Å². The van der Waals surface area contributed by atoms with E-state index in [9.17, 15) is 9.90 Å². The molecule has 0 heterocycles. The van der Waals surface area contributed by atoms with Crippen LogP contribution in [0.3, 0.4) is 0 Å². The predicted molar refractivity (Wildman–Crippen MR) is 63.0 cm³/mol. The maximum absolute atomic E-state index is 11.7. The Morgan fingerprint density at radius 3 is 2.75 bits per heavy atom. The summed E-state index contributed by atoms with van der Waals surface area (Å²) in [4.78, 5) is 11.7. The van der Waals surface area contributed by atoms with Gasteiger partial charge in [0.25, 0.3) is 0 Å². The number of hydrogen-bond donors (Lipinski definition) is 1. The van der Waals surface area contributed by atoms with Gasteiger partial charge in [0.15, 0.2) is 0 Å². The molecule has 0 saturated heterocycles. The van der Waals surface area contributed by atoms with Crippen LogP contribution in [0.25, 0.3) is 0 Å². The smallest absolute Gasteiger partial charge is 0.309 e. The van der Waals surface area contributed by atoms with Crippen LogP contribution in [0.2, 0.25) is 0 Å². The maximum Gasteiger partial charge on any atom is 0.309 e. The Labute approximate surface area is 98.2 Å². The van der Waals surface area contributed by atoms with Gasteiger partial charge in [0.1, 0.15) is 11.7 Å². The van der Waals surface area contributed by atoms with Gasteiger partial charge in [-0.2, -0.15) is 0 Å². The average Bonchev–Trinajstić information content (AvgIpc) is 2.31. The van der Waals surface area contributed by atoms with Crippen LogP contribution in [0.15, 0.2) is 0 Å². The molecule has 1 fully saturated rings. The summed E-state index contributed by atoms with van der Waals surface area (Å²) in [6.45, 7) is 5.80. The fourth-order valence-electron chi connectivity index (χ4n) is 2.19. The second kappa shape index (κ2) is 5.67. The lowest BCUT2D eigenvalue weighted by Gasteiger charge is -2.39. The largest absolute Gasteiger partial charge is 0.459 e. The molecule has 3 atom stereocenters. The molecule has 0 amide bonds. The Kier molecular flexibility index (Phi) is 4.78. The first-order valence-corrected chi connectivity index (χ1v) is 6.46. The van der Waals surface area contributed by atoms with Crippen molar-refractivity contribution < 1.29 is 14.6 Å². The molecule has 0 aromatic rings. The summed E-state index contributed by atoms with van der Waals surface area (Å²) < 4.78 is 5.46. The number of hydrogen-bond acceptors (Lipinski definition) is 3. The topological polar surface area (TPSA) is 46.5 Å². The molecule has 1 aliphatic rings. The zero-order chi connectivity index (χ0) is 12.2. The van der Waals surface area contributed by atoms with Gasteiger partial charge in [-0.3, -0.25) is 4.79 Å². The quantitative estimate of drug-likeness (QED) is 0.752. The predicted octanol–water partition coefficient (Wildman–Crippen LogP) is 2.66. The van der Waals surface area contributed by atoms with E-state index in [1.807, 2.05) is 20.8 Å². The summed E-state index contributed by atoms with van der Waals surface area (Å²) in [7, 11) is 0. The molecule has 0 bridgehead atoms. The molecule has 1 N–H and O–H groups in total. The number of esters is 1. The summed E-state index contributed by atoms with van der Waals surface area (Å²) in [6, 6.07) is 0. The van der Waals surface area contributed by atoms with Crippen LogP contribution in [-0.2, 0) is 9.53 Å².